The van der Waals surface area contributed by atoms with Crippen molar-refractivity contribution in [2.75, 3.05) is 5.73 Å². The van der Waals surface area contributed by atoms with E-state index in [1.807, 2.05) is 6.07 Å². The van der Waals surface area contributed by atoms with Gasteiger partial charge in [0, 0.05) is 5.56 Å². The highest BCUT2D eigenvalue weighted by Gasteiger charge is 2.16. The highest BCUT2D eigenvalue weighted by molar-refractivity contribution is 5.88. The molecule has 1 heterocycles. The molecular formula is C8H10N4O2. The maximum atomic E-state index is 10.7. The van der Waals surface area contributed by atoms with E-state index in [9.17, 15) is 4.79 Å². The molecule has 6 nitrogen and oxygen atoms in total. The van der Waals surface area contributed by atoms with Crippen molar-refractivity contribution in [2.45, 2.75) is 19.9 Å². The molecule has 0 saturated heterocycles. The lowest BCUT2D eigenvalue weighted by Crippen LogP contribution is -2.05. The molecule has 0 aliphatic heterocycles. The number of hydrogen-bond donors (Lipinski definition) is 2. The lowest BCUT2D eigenvalue weighted by Gasteiger charge is -1.98. The van der Waals surface area contributed by atoms with Crippen LogP contribution in [0.15, 0.2) is 0 Å². The number of carbonyl (C=O) groups is 1. The fraction of sp³-hybridized carbons (Fsp3) is 0.375. The topological polar surface area (TPSA) is 105 Å². The molecule has 14 heavy (non-hydrogen) atoms. The minimum Gasteiger partial charge on any atom is -0.476 e. The Morgan fingerprint density at radius 1 is 1.79 bits per heavy atom. The second-order valence-electron chi connectivity index (χ2n) is 2.80. The zero-order valence-electron chi connectivity index (χ0n) is 7.69. The zero-order valence-corrected chi connectivity index (χ0v) is 7.69. The summed E-state index contributed by atoms with van der Waals surface area (Å²) in [5.74, 6) is -0.803. The lowest BCUT2D eigenvalue weighted by atomic mass is 10.2. The van der Waals surface area contributed by atoms with Crippen LogP contribution in [0, 0.1) is 18.3 Å². The van der Waals surface area contributed by atoms with Crippen LogP contribution in [0.5, 0.6) is 0 Å². The van der Waals surface area contributed by atoms with Gasteiger partial charge in [0.2, 0.25) is 0 Å². The highest BCUT2D eigenvalue weighted by atomic mass is 16.4. The molecule has 1 aromatic heterocycles. The number of rotatable bonds is 3. The highest BCUT2D eigenvalue weighted by Crippen LogP contribution is 2.15. The Balaban J connectivity index is 3.04. The van der Waals surface area contributed by atoms with E-state index in [2.05, 4.69) is 5.10 Å². The van der Waals surface area contributed by atoms with Gasteiger partial charge in [0.25, 0.3) is 0 Å². The van der Waals surface area contributed by atoms with Gasteiger partial charge in [-0.1, -0.05) is 0 Å². The van der Waals surface area contributed by atoms with Crippen LogP contribution >= 0.6 is 0 Å². The molecular weight excluding hydrogens is 184 g/mol. The van der Waals surface area contributed by atoms with Crippen LogP contribution < -0.4 is 5.73 Å². The number of nitrogens with two attached hydrogens (primary N) is 1. The average Bonchev–Trinajstić information content (AvgIpc) is 2.42. The Labute approximate surface area is 80.6 Å². The Morgan fingerprint density at radius 3 is 2.86 bits per heavy atom. The Kier molecular flexibility index (Phi) is 2.72. The quantitative estimate of drug-likeness (QED) is 0.723. The van der Waals surface area contributed by atoms with Gasteiger partial charge in [-0.2, -0.15) is 10.4 Å². The number of carboxylic acid groups (broad SMARTS) is 1. The molecule has 0 radical (unpaired) electrons. The number of hydrogen-bond acceptors (Lipinski definition) is 4. The van der Waals surface area contributed by atoms with Gasteiger partial charge in [0.15, 0.2) is 5.69 Å². The van der Waals surface area contributed by atoms with Crippen LogP contribution in [-0.4, -0.2) is 20.9 Å². The van der Waals surface area contributed by atoms with Crippen molar-refractivity contribution in [1.29, 1.82) is 5.26 Å². The van der Waals surface area contributed by atoms with E-state index in [-0.39, 0.29) is 12.1 Å². The van der Waals surface area contributed by atoms with Crippen LogP contribution in [0.4, 0.5) is 5.82 Å². The van der Waals surface area contributed by atoms with Gasteiger partial charge >= 0.3 is 5.97 Å². The Morgan fingerprint density at radius 2 is 2.43 bits per heavy atom. The summed E-state index contributed by atoms with van der Waals surface area (Å²) in [7, 11) is 0. The molecule has 0 aliphatic carbocycles. The molecule has 0 aromatic carbocycles. The molecule has 0 unspecified atom stereocenters. The fourth-order valence-electron chi connectivity index (χ4n) is 1.09. The first-order chi connectivity index (χ1) is 6.57. The minimum absolute atomic E-state index is 0.0551. The maximum absolute atomic E-state index is 10.7. The van der Waals surface area contributed by atoms with Gasteiger partial charge in [-0.25, -0.2) is 9.48 Å². The lowest BCUT2D eigenvalue weighted by molar-refractivity contribution is 0.0688. The molecule has 0 atom stereocenters. The first-order valence-corrected chi connectivity index (χ1v) is 4.01. The van der Waals surface area contributed by atoms with Crippen molar-refractivity contribution in [3.05, 3.63) is 11.3 Å². The monoisotopic (exact) mass is 194 g/mol. The molecule has 0 spiro atoms. The third-order valence-electron chi connectivity index (χ3n) is 1.88. The summed E-state index contributed by atoms with van der Waals surface area (Å²) < 4.78 is 1.34. The van der Waals surface area contributed by atoms with Crippen molar-refractivity contribution in [3.8, 4) is 6.07 Å². The predicted octanol–water partition coefficient (Wildman–Crippen LogP) is 0.386. The van der Waals surface area contributed by atoms with Crippen molar-refractivity contribution in [1.82, 2.24) is 9.78 Å². The second kappa shape index (κ2) is 3.79. The number of aryl methyl sites for hydroxylation is 1. The molecule has 0 aliphatic rings. The number of anilines is 1. The SMILES string of the molecule is Cc1c(C(=O)O)nn(CCC#N)c1N. The predicted molar refractivity (Wildman–Crippen MR) is 48.6 cm³/mol. The molecule has 0 bridgehead atoms. The summed E-state index contributed by atoms with van der Waals surface area (Å²) in [6.07, 6.45) is 0.254. The summed E-state index contributed by atoms with van der Waals surface area (Å²) in [5.41, 5.74) is 5.99. The largest absolute Gasteiger partial charge is 0.476 e. The van der Waals surface area contributed by atoms with E-state index in [0.29, 0.717) is 17.9 Å². The van der Waals surface area contributed by atoms with Crippen molar-refractivity contribution < 1.29 is 9.90 Å². The van der Waals surface area contributed by atoms with Crippen molar-refractivity contribution in [3.63, 3.8) is 0 Å². The van der Waals surface area contributed by atoms with E-state index in [4.69, 9.17) is 16.1 Å². The maximum Gasteiger partial charge on any atom is 0.356 e. The normalized spacial score (nSPS) is 9.71. The average molecular weight is 194 g/mol. The molecule has 0 amide bonds. The summed E-state index contributed by atoms with van der Waals surface area (Å²) >= 11 is 0. The van der Waals surface area contributed by atoms with E-state index >= 15 is 0 Å². The number of nitriles is 1. The van der Waals surface area contributed by atoms with Crippen molar-refractivity contribution >= 4 is 11.8 Å². The van der Waals surface area contributed by atoms with Gasteiger partial charge in [0.1, 0.15) is 5.82 Å². The smallest absolute Gasteiger partial charge is 0.356 e. The number of carboxylic acids is 1. The third-order valence-corrected chi connectivity index (χ3v) is 1.88. The molecule has 74 valence electrons. The fourth-order valence-corrected chi connectivity index (χ4v) is 1.09. The van der Waals surface area contributed by atoms with Gasteiger partial charge in [-0.15, -0.1) is 0 Å². The number of aromatic carboxylic acids is 1. The summed E-state index contributed by atoms with van der Waals surface area (Å²) in [5, 5.41) is 20.9. The molecule has 3 N–H and O–H groups in total. The minimum atomic E-state index is -1.11. The molecule has 6 heteroatoms. The van der Waals surface area contributed by atoms with E-state index in [1.165, 1.54) is 4.68 Å². The van der Waals surface area contributed by atoms with Gasteiger partial charge in [0.05, 0.1) is 19.0 Å². The molecule has 0 fully saturated rings. The van der Waals surface area contributed by atoms with Gasteiger partial charge in [-0.05, 0) is 6.92 Å². The molecule has 0 saturated carbocycles. The van der Waals surface area contributed by atoms with Crippen LogP contribution in [0.2, 0.25) is 0 Å². The molecule has 1 rings (SSSR count). The summed E-state index contributed by atoms with van der Waals surface area (Å²) in [6, 6.07) is 1.94. The van der Waals surface area contributed by atoms with E-state index in [0.717, 1.165) is 0 Å². The van der Waals surface area contributed by atoms with E-state index in [1.54, 1.807) is 6.92 Å². The number of nitrogens with zero attached hydrogens (tertiary/aromatic N) is 3. The van der Waals surface area contributed by atoms with Crippen LogP contribution in [0.3, 0.4) is 0 Å². The van der Waals surface area contributed by atoms with Crippen LogP contribution in [-0.2, 0) is 6.54 Å². The van der Waals surface area contributed by atoms with Gasteiger partial charge < -0.3 is 10.8 Å². The van der Waals surface area contributed by atoms with Crippen molar-refractivity contribution in [2.24, 2.45) is 0 Å². The van der Waals surface area contributed by atoms with Gasteiger partial charge in [-0.3, -0.25) is 0 Å². The molecule has 1 aromatic rings. The first-order valence-electron chi connectivity index (χ1n) is 4.01. The second-order valence-corrected chi connectivity index (χ2v) is 2.80. The number of aromatic nitrogens is 2. The van der Waals surface area contributed by atoms with Crippen LogP contribution in [0.25, 0.3) is 0 Å². The summed E-state index contributed by atoms with van der Waals surface area (Å²) in [6.45, 7) is 1.91. The zero-order chi connectivity index (χ0) is 10.7. The first kappa shape index (κ1) is 10.1. The number of nitrogen functional groups attached to an aromatic ring is 1. The Bertz CT molecular complexity index is 402. The Hall–Kier alpha value is -2.03. The van der Waals surface area contributed by atoms with E-state index < -0.39 is 5.97 Å². The summed E-state index contributed by atoms with van der Waals surface area (Å²) in [4.78, 5) is 10.7. The van der Waals surface area contributed by atoms with Crippen LogP contribution in [0.1, 0.15) is 22.5 Å². The standard InChI is InChI=1S/C8H10N4O2/c1-5-6(8(13)14)11-12(7(5)10)4-2-3-9/h2,4,10H2,1H3,(H,13,14). The third kappa shape index (κ3) is 1.66.